The summed E-state index contributed by atoms with van der Waals surface area (Å²) in [6.07, 6.45) is 4.61. The normalized spacial score (nSPS) is 18.7. The molecule has 1 aliphatic heterocycles. The van der Waals surface area contributed by atoms with Crippen LogP contribution < -0.4 is 16.1 Å². The number of H-pyrrole nitrogens is 1. The van der Waals surface area contributed by atoms with Gasteiger partial charge in [0.2, 0.25) is 0 Å². The summed E-state index contributed by atoms with van der Waals surface area (Å²) in [5.74, 6) is 0.576. The second-order valence-electron chi connectivity index (χ2n) is 4.88. The highest BCUT2D eigenvalue weighted by Crippen LogP contribution is 2.25. The highest BCUT2D eigenvalue weighted by molar-refractivity contribution is 9.10. The summed E-state index contributed by atoms with van der Waals surface area (Å²) in [5, 5.41) is 4.28. The minimum atomic E-state index is -0.391. The number of rotatable bonds is 2. The number of nitrogens with zero attached hydrogens (tertiary/aromatic N) is 4. The van der Waals surface area contributed by atoms with Crippen LogP contribution in [-0.4, -0.2) is 32.4 Å². The van der Waals surface area contributed by atoms with Crippen molar-refractivity contribution < 1.29 is 0 Å². The van der Waals surface area contributed by atoms with Crippen molar-refractivity contribution in [1.82, 2.24) is 19.3 Å². The molecule has 3 rings (SSSR count). The first kappa shape index (κ1) is 13.2. The van der Waals surface area contributed by atoms with E-state index in [4.69, 9.17) is 0 Å². The number of aromatic amines is 1. The first-order valence-electron chi connectivity index (χ1n) is 6.29. The van der Waals surface area contributed by atoms with Gasteiger partial charge in [0.25, 0.3) is 5.56 Å². The summed E-state index contributed by atoms with van der Waals surface area (Å²) in [5.41, 5.74) is -0.688. The molecule has 0 radical (unpaired) electrons. The minimum Gasteiger partial charge on any atom is -0.356 e. The molecule has 0 amide bonds. The second-order valence-corrected chi connectivity index (χ2v) is 5.80. The topological polar surface area (TPSA) is 75.9 Å². The summed E-state index contributed by atoms with van der Waals surface area (Å²) < 4.78 is 3.91. The van der Waals surface area contributed by atoms with Crippen LogP contribution >= 0.6 is 15.9 Å². The molecule has 0 aliphatic carbocycles. The van der Waals surface area contributed by atoms with Crippen LogP contribution in [0.15, 0.2) is 32.5 Å². The molecule has 0 spiro atoms. The van der Waals surface area contributed by atoms with Crippen molar-refractivity contribution in [2.75, 3.05) is 18.0 Å². The predicted octanol–water partition coefficient (Wildman–Crippen LogP) is 0.484. The smallest absolute Gasteiger partial charge is 0.329 e. The van der Waals surface area contributed by atoms with Gasteiger partial charge < -0.3 is 4.90 Å². The Bertz CT molecular complexity index is 716. The van der Waals surface area contributed by atoms with Crippen molar-refractivity contribution >= 4 is 21.7 Å². The summed E-state index contributed by atoms with van der Waals surface area (Å²) in [6, 6.07) is 1.71. The molecule has 3 heterocycles. The third-order valence-corrected chi connectivity index (χ3v) is 3.99. The molecule has 1 unspecified atom stereocenters. The zero-order valence-corrected chi connectivity index (χ0v) is 12.5. The number of anilines is 1. The SMILES string of the molecule is Cn1c(=O)cc(N2CCC(n3cc(Br)cn3)C2)[nH]c1=O. The van der Waals surface area contributed by atoms with E-state index in [0.29, 0.717) is 5.82 Å². The molecule has 20 heavy (non-hydrogen) atoms. The van der Waals surface area contributed by atoms with E-state index in [1.165, 1.54) is 13.1 Å². The number of hydrogen-bond donors (Lipinski definition) is 1. The minimum absolute atomic E-state index is 0.244. The van der Waals surface area contributed by atoms with Crippen molar-refractivity contribution in [3.63, 3.8) is 0 Å². The molecular weight excluding hydrogens is 326 g/mol. The van der Waals surface area contributed by atoms with E-state index in [0.717, 1.165) is 28.6 Å². The average molecular weight is 340 g/mol. The van der Waals surface area contributed by atoms with Crippen LogP contribution in [0.2, 0.25) is 0 Å². The van der Waals surface area contributed by atoms with Gasteiger partial charge in [0.15, 0.2) is 0 Å². The van der Waals surface area contributed by atoms with Crippen molar-refractivity contribution in [3.05, 3.63) is 43.8 Å². The molecule has 1 fully saturated rings. The van der Waals surface area contributed by atoms with E-state index in [2.05, 4.69) is 26.0 Å². The molecule has 0 aromatic carbocycles. The fourth-order valence-corrected chi connectivity index (χ4v) is 2.71. The van der Waals surface area contributed by atoms with Gasteiger partial charge in [-0.2, -0.15) is 5.10 Å². The van der Waals surface area contributed by atoms with Crippen molar-refractivity contribution in [3.8, 4) is 0 Å². The van der Waals surface area contributed by atoms with Crippen molar-refractivity contribution in [1.29, 1.82) is 0 Å². The molecule has 0 saturated carbocycles. The Kier molecular flexibility index (Phi) is 3.25. The number of halogens is 1. The zero-order chi connectivity index (χ0) is 14.3. The largest absolute Gasteiger partial charge is 0.356 e. The Morgan fingerprint density at radius 2 is 2.25 bits per heavy atom. The molecule has 7 nitrogen and oxygen atoms in total. The lowest BCUT2D eigenvalue weighted by molar-refractivity contribution is 0.494. The van der Waals surface area contributed by atoms with E-state index in [1.807, 2.05) is 15.8 Å². The maximum absolute atomic E-state index is 11.7. The summed E-state index contributed by atoms with van der Waals surface area (Å²) >= 11 is 3.38. The molecule has 106 valence electrons. The van der Waals surface area contributed by atoms with Crippen LogP contribution in [0.3, 0.4) is 0 Å². The fraction of sp³-hybridized carbons (Fsp3) is 0.417. The van der Waals surface area contributed by atoms with Gasteiger partial charge in [-0.3, -0.25) is 19.0 Å². The van der Waals surface area contributed by atoms with Crippen molar-refractivity contribution in [2.45, 2.75) is 12.5 Å². The Hall–Kier alpha value is -1.83. The van der Waals surface area contributed by atoms with Gasteiger partial charge in [-0.25, -0.2) is 4.79 Å². The molecular formula is C12H14BrN5O2. The highest BCUT2D eigenvalue weighted by Gasteiger charge is 2.25. The molecule has 1 atom stereocenters. The predicted molar refractivity (Wildman–Crippen MR) is 78.1 cm³/mol. The van der Waals surface area contributed by atoms with Crippen LogP contribution in [-0.2, 0) is 7.05 Å². The van der Waals surface area contributed by atoms with E-state index in [9.17, 15) is 9.59 Å². The van der Waals surface area contributed by atoms with Crippen LogP contribution in [0.5, 0.6) is 0 Å². The maximum Gasteiger partial charge on any atom is 0.329 e. The molecule has 1 N–H and O–H groups in total. The third kappa shape index (κ3) is 2.31. The average Bonchev–Trinajstić information content (AvgIpc) is 3.03. The number of hydrogen-bond acceptors (Lipinski definition) is 4. The van der Waals surface area contributed by atoms with Gasteiger partial charge >= 0.3 is 5.69 Å². The highest BCUT2D eigenvalue weighted by atomic mass is 79.9. The van der Waals surface area contributed by atoms with Gasteiger partial charge in [0.1, 0.15) is 5.82 Å². The Morgan fingerprint density at radius 1 is 1.45 bits per heavy atom. The summed E-state index contributed by atoms with van der Waals surface area (Å²) in [7, 11) is 1.46. The van der Waals surface area contributed by atoms with Gasteiger partial charge in [-0.05, 0) is 22.4 Å². The lowest BCUT2D eigenvalue weighted by Gasteiger charge is -2.18. The number of nitrogens with one attached hydrogen (secondary N) is 1. The zero-order valence-electron chi connectivity index (χ0n) is 10.9. The van der Waals surface area contributed by atoms with Gasteiger partial charge in [0, 0.05) is 32.4 Å². The molecule has 0 bridgehead atoms. The summed E-state index contributed by atoms with van der Waals surface area (Å²) in [4.78, 5) is 28.0. The quantitative estimate of drug-likeness (QED) is 0.863. The van der Waals surface area contributed by atoms with Crippen LogP contribution in [0.1, 0.15) is 12.5 Å². The molecule has 2 aromatic heterocycles. The maximum atomic E-state index is 11.7. The lowest BCUT2D eigenvalue weighted by Crippen LogP contribution is -2.35. The van der Waals surface area contributed by atoms with E-state index < -0.39 is 5.69 Å². The van der Waals surface area contributed by atoms with Gasteiger partial charge in [-0.15, -0.1) is 0 Å². The van der Waals surface area contributed by atoms with Crippen LogP contribution in [0.25, 0.3) is 0 Å². The molecule has 1 saturated heterocycles. The molecule has 2 aromatic rings. The Morgan fingerprint density at radius 3 is 2.90 bits per heavy atom. The molecule has 1 aliphatic rings. The number of aromatic nitrogens is 4. The standard InChI is InChI=1S/C12H14BrN5O2/c1-16-11(19)4-10(15-12(16)20)17-3-2-9(7-17)18-6-8(13)5-14-18/h4-6,9H,2-3,7H2,1H3,(H,15,20). The first-order valence-corrected chi connectivity index (χ1v) is 7.09. The van der Waals surface area contributed by atoms with Gasteiger partial charge in [-0.1, -0.05) is 0 Å². The van der Waals surface area contributed by atoms with Crippen molar-refractivity contribution in [2.24, 2.45) is 7.05 Å². The van der Waals surface area contributed by atoms with E-state index in [-0.39, 0.29) is 11.6 Å². The third-order valence-electron chi connectivity index (χ3n) is 3.58. The van der Waals surface area contributed by atoms with E-state index >= 15 is 0 Å². The first-order chi connectivity index (χ1) is 9.54. The Balaban J connectivity index is 1.84. The monoisotopic (exact) mass is 339 g/mol. The summed E-state index contributed by atoms with van der Waals surface area (Å²) in [6.45, 7) is 1.50. The van der Waals surface area contributed by atoms with Crippen LogP contribution in [0.4, 0.5) is 5.82 Å². The fourth-order valence-electron chi connectivity index (χ4n) is 2.40. The molecule has 8 heteroatoms. The van der Waals surface area contributed by atoms with Crippen LogP contribution in [0, 0.1) is 0 Å². The Labute approximate surface area is 123 Å². The second kappa shape index (κ2) is 4.93. The van der Waals surface area contributed by atoms with E-state index in [1.54, 1.807) is 6.20 Å². The lowest BCUT2D eigenvalue weighted by atomic mass is 10.3. The van der Waals surface area contributed by atoms with Gasteiger partial charge in [0.05, 0.1) is 16.7 Å².